The van der Waals surface area contributed by atoms with Gasteiger partial charge in [0.1, 0.15) is 11.7 Å². The smallest absolute Gasteiger partial charge is 0.410 e. The van der Waals surface area contributed by atoms with Gasteiger partial charge in [-0.25, -0.2) is 9.59 Å². The highest BCUT2D eigenvalue weighted by molar-refractivity contribution is 5.85. The summed E-state index contributed by atoms with van der Waals surface area (Å²) in [6.45, 7) is 11.1. The molecule has 25 heavy (non-hydrogen) atoms. The molecule has 3 aliphatic heterocycles. The van der Waals surface area contributed by atoms with Gasteiger partial charge in [0.2, 0.25) is 0 Å². The van der Waals surface area contributed by atoms with Crippen molar-refractivity contribution in [2.24, 2.45) is 5.41 Å². The summed E-state index contributed by atoms with van der Waals surface area (Å²) < 4.78 is 10.7. The summed E-state index contributed by atoms with van der Waals surface area (Å²) in [6, 6.07) is 0. The molecule has 3 aliphatic rings. The lowest BCUT2D eigenvalue weighted by molar-refractivity contribution is -0.138. The summed E-state index contributed by atoms with van der Waals surface area (Å²) in [5, 5.41) is 0. The van der Waals surface area contributed by atoms with Crippen molar-refractivity contribution in [2.45, 2.75) is 65.1 Å². The predicted molar refractivity (Wildman–Crippen MR) is 93.9 cm³/mol. The maximum Gasteiger partial charge on any atom is 0.410 e. The second-order valence-corrected chi connectivity index (χ2v) is 8.60. The van der Waals surface area contributed by atoms with Gasteiger partial charge >= 0.3 is 12.1 Å². The fourth-order valence-corrected chi connectivity index (χ4v) is 4.08. The minimum Gasteiger partial charge on any atom is -0.453 e. The number of nitrogens with zero attached hydrogens (tertiary/aromatic N) is 2. The first-order valence-corrected chi connectivity index (χ1v) is 9.33. The molecule has 0 aromatic heterocycles. The van der Waals surface area contributed by atoms with E-state index in [1.165, 1.54) is 0 Å². The van der Waals surface area contributed by atoms with Crippen molar-refractivity contribution in [1.82, 2.24) is 9.80 Å². The van der Waals surface area contributed by atoms with Crippen LogP contribution in [-0.2, 0) is 14.3 Å². The van der Waals surface area contributed by atoms with E-state index < -0.39 is 5.60 Å². The van der Waals surface area contributed by atoms with E-state index in [0.717, 1.165) is 57.6 Å². The first-order chi connectivity index (χ1) is 11.7. The van der Waals surface area contributed by atoms with E-state index in [1.807, 2.05) is 32.6 Å². The van der Waals surface area contributed by atoms with Crippen LogP contribution in [0.5, 0.6) is 0 Å². The van der Waals surface area contributed by atoms with Crippen LogP contribution in [0.15, 0.2) is 11.8 Å². The molecule has 2 fully saturated rings. The number of hydrogen-bond acceptors (Lipinski definition) is 5. The number of rotatable bonds is 1. The average Bonchev–Trinajstić information content (AvgIpc) is 2.86. The van der Waals surface area contributed by atoms with Gasteiger partial charge in [0.15, 0.2) is 0 Å². The molecule has 140 valence electrons. The Kier molecular flexibility index (Phi) is 4.73. The van der Waals surface area contributed by atoms with Crippen LogP contribution in [-0.4, -0.2) is 59.7 Å². The molecule has 1 spiro atoms. The molecule has 0 radical (unpaired) electrons. The first kappa shape index (κ1) is 18.1. The SMILES string of the molecule is CC1OC(=O)C=C1N1CCC2(CCN(C(=O)OC(C)(C)C)CC2)CC1. The molecule has 1 atom stereocenters. The Balaban J connectivity index is 1.51. The van der Waals surface area contributed by atoms with Crippen LogP contribution in [0.1, 0.15) is 53.4 Å². The second-order valence-electron chi connectivity index (χ2n) is 8.60. The Labute approximate surface area is 150 Å². The molecule has 0 N–H and O–H groups in total. The predicted octanol–water partition coefficient (Wildman–Crippen LogP) is 2.93. The van der Waals surface area contributed by atoms with Gasteiger partial charge in [0.25, 0.3) is 0 Å². The van der Waals surface area contributed by atoms with E-state index in [-0.39, 0.29) is 18.2 Å². The van der Waals surface area contributed by atoms with Gasteiger partial charge in [-0.3, -0.25) is 0 Å². The van der Waals surface area contributed by atoms with Gasteiger partial charge in [-0.2, -0.15) is 0 Å². The van der Waals surface area contributed by atoms with Crippen molar-refractivity contribution in [3.8, 4) is 0 Å². The number of hydrogen-bond donors (Lipinski definition) is 0. The number of cyclic esters (lactones) is 1. The molecule has 1 amide bonds. The molecule has 6 nitrogen and oxygen atoms in total. The minimum atomic E-state index is -0.442. The largest absolute Gasteiger partial charge is 0.453 e. The number of piperidine rings is 2. The zero-order valence-electron chi connectivity index (χ0n) is 15.8. The molecule has 1 unspecified atom stereocenters. The fourth-order valence-electron chi connectivity index (χ4n) is 4.08. The number of carbonyl (C=O) groups excluding carboxylic acids is 2. The van der Waals surface area contributed by atoms with Crippen molar-refractivity contribution >= 4 is 12.1 Å². The maximum atomic E-state index is 12.2. The third kappa shape index (κ3) is 4.10. The highest BCUT2D eigenvalue weighted by Gasteiger charge is 2.40. The molecule has 3 heterocycles. The summed E-state index contributed by atoms with van der Waals surface area (Å²) in [7, 11) is 0. The van der Waals surface area contributed by atoms with E-state index in [1.54, 1.807) is 6.08 Å². The molecule has 2 saturated heterocycles. The topological polar surface area (TPSA) is 59.1 Å². The van der Waals surface area contributed by atoms with E-state index in [0.29, 0.717) is 5.41 Å². The number of esters is 1. The van der Waals surface area contributed by atoms with Crippen LogP contribution in [0.2, 0.25) is 0 Å². The number of amides is 1. The van der Waals surface area contributed by atoms with Gasteiger partial charge in [-0.15, -0.1) is 0 Å². The average molecular weight is 350 g/mol. The molecule has 0 aromatic carbocycles. The van der Waals surface area contributed by atoms with Gasteiger partial charge in [0, 0.05) is 32.3 Å². The van der Waals surface area contributed by atoms with E-state index in [2.05, 4.69) is 4.90 Å². The van der Waals surface area contributed by atoms with E-state index >= 15 is 0 Å². The molecular weight excluding hydrogens is 320 g/mol. The lowest BCUT2D eigenvalue weighted by Gasteiger charge is -2.47. The van der Waals surface area contributed by atoms with E-state index in [4.69, 9.17) is 9.47 Å². The molecule has 0 aliphatic carbocycles. The standard InChI is InChI=1S/C19H30N2O4/c1-14-15(13-16(22)24-14)20-9-5-19(6-10-20)7-11-21(12-8-19)17(23)25-18(2,3)4/h13-14H,5-12H2,1-4H3. The Morgan fingerprint density at radius 3 is 2.20 bits per heavy atom. The van der Waals surface area contributed by atoms with Crippen molar-refractivity contribution in [2.75, 3.05) is 26.2 Å². The Morgan fingerprint density at radius 2 is 1.72 bits per heavy atom. The van der Waals surface area contributed by atoms with Crippen molar-refractivity contribution in [3.63, 3.8) is 0 Å². The summed E-state index contributed by atoms with van der Waals surface area (Å²) in [5.41, 5.74) is 0.899. The first-order valence-electron chi connectivity index (χ1n) is 9.33. The van der Waals surface area contributed by atoms with Gasteiger partial charge in [0.05, 0.1) is 5.70 Å². The van der Waals surface area contributed by atoms with Crippen molar-refractivity contribution in [1.29, 1.82) is 0 Å². The molecule has 0 saturated carbocycles. The van der Waals surface area contributed by atoms with Crippen LogP contribution in [0.4, 0.5) is 4.79 Å². The Hall–Kier alpha value is -1.72. The molecular formula is C19H30N2O4. The summed E-state index contributed by atoms with van der Waals surface area (Å²) >= 11 is 0. The maximum absolute atomic E-state index is 12.2. The number of carbonyl (C=O) groups is 2. The second kappa shape index (κ2) is 6.54. The monoisotopic (exact) mass is 350 g/mol. The molecule has 0 bridgehead atoms. The zero-order chi connectivity index (χ0) is 18.2. The summed E-state index contributed by atoms with van der Waals surface area (Å²) in [6.07, 6.45) is 5.58. The van der Waals surface area contributed by atoms with Crippen LogP contribution in [0.3, 0.4) is 0 Å². The lowest BCUT2D eigenvalue weighted by atomic mass is 9.71. The third-order valence-electron chi connectivity index (χ3n) is 5.64. The summed E-state index contributed by atoms with van der Waals surface area (Å²) in [5.74, 6) is -0.228. The third-order valence-corrected chi connectivity index (χ3v) is 5.64. The fraction of sp³-hybridized carbons (Fsp3) is 0.789. The van der Waals surface area contributed by atoms with Crippen LogP contribution < -0.4 is 0 Å². The highest BCUT2D eigenvalue weighted by Crippen LogP contribution is 2.42. The van der Waals surface area contributed by atoms with Gasteiger partial charge in [-0.05, 0) is 58.8 Å². The minimum absolute atomic E-state index is 0.129. The van der Waals surface area contributed by atoms with Gasteiger partial charge < -0.3 is 19.3 Å². The number of likely N-dealkylation sites (tertiary alicyclic amines) is 2. The normalized spacial score (nSPS) is 26.5. The molecule has 6 heteroatoms. The highest BCUT2D eigenvalue weighted by atomic mass is 16.6. The Bertz CT molecular complexity index is 560. The molecule has 3 rings (SSSR count). The van der Waals surface area contributed by atoms with Crippen LogP contribution in [0.25, 0.3) is 0 Å². The molecule has 0 aromatic rings. The quantitative estimate of drug-likeness (QED) is 0.681. The summed E-state index contributed by atoms with van der Waals surface area (Å²) in [4.78, 5) is 27.8. The van der Waals surface area contributed by atoms with Crippen LogP contribution >= 0.6 is 0 Å². The number of ether oxygens (including phenoxy) is 2. The Morgan fingerprint density at radius 1 is 1.16 bits per heavy atom. The zero-order valence-corrected chi connectivity index (χ0v) is 15.8. The van der Waals surface area contributed by atoms with Crippen LogP contribution in [0, 0.1) is 5.41 Å². The lowest BCUT2D eigenvalue weighted by Crippen LogP contribution is -2.49. The van der Waals surface area contributed by atoms with Gasteiger partial charge in [-0.1, -0.05) is 0 Å². The van der Waals surface area contributed by atoms with Crippen molar-refractivity contribution in [3.05, 3.63) is 11.8 Å². The van der Waals surface area contributed by atoms with Crippen molar-refractivity contribution < 1.29 is 19.1 Å². The van der Waals surface area contributed by atoms with E-state index in [9.17, 15) is 9.59 Å².